The number of phosphoric ester groups is 1. The summed E-state index contributed by atoms with van der Waals surface area (Å²) in [5.41, 5.74) is 0.354. The number of aliphatic hydroxyl groups is 1. The van der Waals surface area contributed by atoms with Crippen LogP contribution in [-0.4, -0.2) is 52.9 Å². The molecule has 1 aliphatic rings. The van der Waals surface area contributed by atoms with E-state index in [0.717, 1.165) is 12.1 Å². The molecule has 0 unspecified atom stereocenters. The number of carbonyl (C=O) groups is 1. The first-order chi connectivity index (χ1) is 18.9. The summed E-state index contributed by atoms with van der Waals surface area (Å²) in [7, 11) is -5.16. The van der Waals surface area contributed by atoms with E-state index in [1.54, 1.807) is 13.8 Å². The van der Waals surface area contributed by atoms with Crippen molar-refractivity contribution in [3.05, 3.63) is 68.6 Å². The molecular weight excluding hydrogens is 604 g/mol. The molecule has 2 aromatic carbocycles. The maximum Gasteiger partial charge on any atom is 0.470 e. The third-order valence-corrected chi connectivity index (χ3v) is 6.27. The fourth-order valence-corrected chi connectivity index (χ4v) is 4.71. The zero-order valence-corrected chi connectivity index (χ0v) is 23.5. The van der Waals surface area contributed by atoms with Gasteiger partial charge >= 0.3 is 13.8 Å². The van der Waals surface area contributed by atoms with Crippen LogP contribution in [0.1, 0.15) is 25.0 Å². The Labute approximate surface area is 237 Å². The highest BCUT2D eigenvalue weighted by atomic mass is 35.5. The number of ether oxygens (including phenoxy) is 5. The SMILES string of the molecule is CCOc1c(F)cc(COC2=C(OCc3cc(F)c(OCC)c(Cl)c3)[C@@H]([C@H](CO)OP(=O)(O)O)OC2=O)cc1Cl. The van der Waals surface area contributed by atoms with Crippen LogP contribution >= 0.6 is 31.0 Å². The molecular formula is C24H25Cl2F2O11P. The van der Waals surface area contributed by atoms with Crippen molar-refractivity contribution in [2.75, 3.05) is 19.8 Å². The Bertz CT molecular complexity index is 1270. The zero-order valence-electron chi connectivity index (χ0n) is 21.1. The molecule has 0 aromatic heterocycles. The first-order valence-electron chi connectivity index (χ1n) is 11.6. The molecule has 3 N–H and O–H groups in total. The summed E-state index contributed by atoms with van der Waals surface area (Å²) in [6.45, 7) is 1.74. The average Bonchev–Trinajstić information content (AvgIpc) is 3.18. The fraction of sp³-hybridized carbons (Fsp3) is 0.375. The highest BCUT2D eigenvalue weighted by Crippen LogP contribution is 2.41. The number of hydrogen-bond donors (Lipinski definition) is 3. The summed E-state index contributed by atoms with van der Waals surface area (Å²) in [5.74, 6) is -4.05. The Balaban J connectivity index is 1.93. The number of halogens is 4. The van der Waals surface area contributed by atoms with Crippen molar-refractivity contribution in [3.8, 4) is 11.5 Å². The normalized spacial score (nSPS) is 16.1. The summed E-state index contributed by atoms with van der Waals surface area (Å²) in [6.07, 6.45) is -3.46. The molecule has 40 heavy (non-hydrogen) atoms. The summed E-state index contributed by atoms with van der Waals surface area (Å²) in [6, 6.07) is 4.80. The quantitative estimate of drug-likeness (QED) is 0.202. The van der Waals surface area contributed by atoms with Gasteiger partial charge in [-0.05, 0) is 49.2 Å². The van der Waals surface area contributed by atoms with Gasteiger partial charge in [-0.25, -0.2) is 18.1 Å². The van der Waals surface area contributed by atoms with Gasteiger partial charge in [0, 0.05) is 0 Å². The largest absolute Gasteiger partial charge is 0.489 e. The molecule has 0 bridgehead atoms. The molecule has 0 fully saturated rings. The fourth-order valence-electron chi connectivity index (χ4n) is 3.61. The topological polar surface area (TPSA) is 150 Å². The molecule has 3 rings (SSSR count). The van der Waals surface area contributed by atoms with Crippen LogP contribution in [0, 0.1) is 11.6 Å². The van der Waals surface area contributed by atoms with Crippen molar-refractivity contribution in [3.63, 3.8) is 0 Å². The van der Waals surface area contributed by atoms with E-state index >= 15 is 0 Å². The van der Waals surface area contributed by atoms with Gasteiger partial charge in [-0.2, -0.15) is 0 Å². The van der Waals surface area contributed by atoms with Gasteiger partial charge in [0.1, 0.15) is 19.3 Å². The molecule has 11 nitrogen and oxygen atoms in total. The standard InChI is InChI=1S/C24H25Cl2F2O11P/c1-3-34-19-14(25)5-12(7-16(19)27)10-36-22-21(18(9-29)39-40(31,32)33)38-24(30)23(22)37-11-13-6-15(26)20(35-4-2)17(28)8-13/h5-8,18,21,29H,3-4,9-11H2,1-2H3,(H2,31,32,33)/t18-,21+/m0/s1. The van der Waals surface area contributed by atoms with Crippen molar-refractivity contribution in [1.29, 1.82) is 0 Å². The third kappa shape index (κ3) is 7.97. The molecule has 2 atom stereocenters. The number of esters is 1. The summed E-state index contributed by atoms with van der Waals surface area (Å²) < 4.78 is 71.5. The van der Waals surface area contributed by atoms with Crippen LogP contribution in [0.4, 0.5) is 8.78 Å². The van der Waals surface area contributed by atoms with Gasteiger partial charge in [-0.15, -0.1) is 0 Å². The smallest absolute Gasteiger partial charge is 0.470 e. The van der Waals surface area contributed by atoms with E-state index < -0.39 is 69.0 Å². The molecule has 0 radical (unpaired) electrons. The average molecular weight is 629 g/mol. The van der Waals surface area contributed by atoms with Crippen LogP contribution in [0.25, 0.3) is 0 Å². The third-order valence-electron chi connectivity index (χ3n) is 5.16. The van der Waals surface area contributed by atoms with E-state index in [0.29, 0.717) is 0 Å². The van der Waals surface area contributed by atoms with Gasteiger partial charge in [-0.1, -0.05) is 23.2 Å². The first-order valence-corrected chi connectivity index (χ1v) is 13.9. The molecule has 0 amide bonds. The second-order valence-electron chi connectivity index (χ2n) is 8.06. The Morgan fingerprint density at radius 3 is 1.85 bits per heavy atom. The van der Waals surface area contributed by atoms with Crippen LogP contribution in [0.15, 0.2) is 35.8 Å². The molecule has 0 spiro atoms. The molecule has 0 saturated heterocycles. The van der Waals surface area contributed by atoms with Gasteiger partial charge < -0.3 is 38.6 Å². The van der Waals surface area contributed by atoms with E-state index in [9.17, 15) is 33.0 Å². The molecule has 16 heteroatoms. The van der Waals surface area contributed by atoms with Crippen molar-refractivity contribution in [1.82, 2.24) is 0 Å². The highest BCUT2D eigenvalue weighted by molar-refractivity contribution is 7.46. The van der Waals surface area contributed by atoms with Crippen LogP contribution < -0.4 is 9.47 Å². The Hall–Kier alpha value is -2.64. The lowest BCUT2D eigenvalue weighted by Crippen LogP contribution is -2.34. The number of carbonyl (C=O) groups excluding carboxylic acids is 1. The number of hydrogen-bond acceptors (Lipinski definition) is 9. The van der Waals surface area contributed by atoms with Gasteiger partial charge in [0.05, 0.1) is 29.9 Å². The van der Waals surface area contributed by atoms with Crippen LogP contribution in [0.3, 0.4) is 0 Å². The van der Waals surface area contributed by atoms with Gasteiger partial charge in [0.15, 0.2) is 35.0 Å². The monoisotopic (exact) mass is 628 g/mol. The Kier molecular flexibility index (Phi) is 11.0. The summed E-state index contributed by atoms with van der Waals surface area (Å²) in [5, 5.41) is 9.58. The molecule has 1 heterocycles. The predicted molar refractivity (Wildman–Crippen MR) is 136 cm³/mol. The van der Waals surface area contributed by atoms with E-state index in [-0.39, 0.29) is 45.9 Å². The predicted octanol–water partition coefficient (Wildman–Crippen LogP) is 4.41. The van der Waals surface area contributed by atoms with Crippen molar-refractivity contribution < 1.29 is 61.2 Å². The lowest BCUT2D eigenvalue weighted by molar-refractivity contribution is -0.148. The molecule has 1 aliphatic heterocycles. The van der Waals surface area contributed by atoms with Crippen molar-refractivity contribution >= 4 is 37.0 Å². The second-order valence-corrected chi connectivity index (χ2v) is 10.1. The number of phosphoric acid groups is 1. The minimum absolute atomic E-state index is 0.0532. The number of benzene rings is 2. The summed E-state index contributed by atoms with van der Waals surface area (Å²) in [4.78, 5) is 31.1. The van der Waals surface area contributed by atoms with Crippen molar-refractivity contribution in [2.24, 2.45) is 0 Å². The molecule has 0 saturated carbocycles. The Morgan fingerprint density at radius 2 is 1.43 bits per heavy atom. The van der Waals surface area contributed by atoms with Gasteiger partial charge in [0.2, 0.25) is 5.76 Å². The van der Waals surface area contributed by atoms with Crippen LogP contribution in [0.5, 0.6) is 11.5 Å². The first kappa shape index (κ1) is 31.9. The minimum atomic E-state index is -5.16. The minimum Gasteiger partial charge on any atom is -0.489 e. The maximum absolute atomic E-state index is 14.5. The second kappa shape index (κ2) is 13.8. The molecule has 220 valence electrons. The number of cyclic esters (lactones) is 1. The van der Waals surface area contributed by atoms with Crippen LogP contribution in [0.2, 0.25) is 10.0 Å². The van der Waals surface area contributed by atoms with Crippen molar-refractivity contribution in [2.45, 2.75) is 39.3 Å². The van der Waals surface area contributed by atoms with E-state index in [4.69, 9.17) is 46.9 Å². The van der Waals surface area contributed by atoms with E-state index in [1.807, 2.05) is 0 Å². The zero-order chi connectivity index (χ0) is 29.6. The molecule has 0 aliphatic carbocycles. The van der Waals surface area contributed by atoms with Gasteiger partial charge in [0.25, 0.3) is 0 Å². The van der Waals surface area contributed by atoms with Crippen LogP contribution in [-0.2, 0) is 41.3 Å². The number of aliphatic hydroxyl groups excluding tert-OH is 1. The molecule has 2 aromatic rings. The lowest BCUT2D eigenvalue weighted by Gasteiger charge is -2.23. The van der Waals surface area contributed by atoms with Gasteiger partial charge in [-0.3, -0.25) is 4.52 Å². The summed E-state index contributed by atoms with van der Waals surface area (Å²) >= 11 is 12.2. The number of rotatable bonds is 14. The Morgan fingerprint density at radius 1 is 0.925 bits per heavy atom. The lowest BCUT2D eigenvalue weighted by atomic mass is 10.1. The highest BCUT2D eigenvalue weighted by Gasteiger charge is 2.45. The van der Waals surface area contributed by atoms with E-state index in [2.05, 4.69) is 4.52 Å². The van der Waals surface area contributed by atoms with E-state index in [1.165, 1.54) is 12.1 Å². The maximum atomic E-state index is 14.5.